The van der Waals surface area contributed by atoms with Crippen LogP contribution in [-0.4, -0.2) is 23.8 Å². The Bertz CT molecular complexity index is 982. The molecule has 1 N–H and O–H groups in total. The number of nitriles is 1. The molecule has 2 unspecified atom stereocenters. The molecule has 1 heterocycles. The summed E-state index contributed by atoms with van der Waals surface area (Å²) in [7, 11) is 0.478. The predicted octanol–water partition coefficient (Wildman–Crippen LogP) is 5.47. The van der Waals surface area contributed by atoms with E-state index in [1.54, 1.807) is 6.07 Å². The monoisotopic (exact) mass is 436 g/mol. The Morgan fingerprint density at radius 1 is 1.42 bits per heavy atom. The van der Waals surface area contributed by atoms with E-state index in [0.717, 1.165) is 35.1 Å². The minimum absolute atomic E-state index is 0.218. The highest BCUT2D eigenvalue weighted by Gasteiger charge is 2.23. The summed E-state index contributed by atoms with van der Waals surface area (Å²) in [6.07, 6.45) is 10.8. The van der Waals surface area contributed by atoms with Gasteiger partial charge < -0.3 is 10.2 Å². The van der Waals surface area contributed by atoms with Crippen LogP contribution in [0.1, 0.15) is 38.3 Å². The first-order chi connectivity index (χ1) is 14.9. The molecule has 1 aliphatic rings. The van der Waals surface area contributed by atoms with Crippen molar-refractivity contribution in [3.63, 3.8) is 0 Å². The lowest BCUT2D eigenvalue weighted by Crippen LogP contribution is -2.25. The first kappa shape index (κ1) is 24.3. The Kier molecular flexibility index (Phi) is 9.43. The molecule has 2 atom stereocenters. The molecular weight excluding hydrogens is 406 g/mol. The van der Waals surface area contributed by atoms with E-state index < -0.39 is 0 Å². The minimum Gasteiger partial charge on any atom is -0.371 e. The molecule has 0 spiro atoms. The summed E-state index contributed by atoms with van der Waals surface area (Å²) in [6, 6.07) is 6.93. The number of aliphatic imine (C=N–C) groups is 1. The van der Waals surface area contributed by atoms with E-state index in [4.69, 9.17) is 0 Å². The van der Waals surface area contributed by atoms with Crippen LogP contribution in [0.15, 0.2) is 83.9 Å². The molecule has 1 aliphatic heterocycles. The highest BCUT2D eigenvalue weighted by Crippen LogP contribution is 2.32. The molecule has 1 aromatic carbocycles. The smallest absolute Gasteiger partial charge is 0.124 e. The first-order valence-corrected chi connectivity index (χ1v) is 11.8. The van der Waals surface area contributed by atoms with E-state index in [2.05, 4.69) is 36.5 Å². The molecule has 1 aromatic rings. The number of nitrogens with zero attached hydrogens (tertiary/aromatic N) is 3. The van der Waals surface area contributed by atoms with Crippen LogP contribution in [0, 0.1) is 17.1 Å². The SMILES string of the molecule is C=C(/N=C(\C=C/C)C1=CC(=C)N(C(CC#N)c2cc(F)cc(PC)c2)C=C1)NCCC. The second-order valence-corrected chi connectivity index (χ2v) is 8.16. The number of nitrogens with one attached hydrogen (secondary N) is 1. The van der Waals surface area contributed by atoms with Crippen LogP contribution in [0.3, 0.4) is 0 Å². The van der Waals surface area contributed by atoms with Gasteiger partial charge >= 0.3 is 0 Å². The first-order valence-electron chi connectivity index (χ1n) is 10.3. The maximum Gasteiger partial charge on any atom is 0.124 e. The van der Waals surface area contributed by atoms with E-state index in [0.29, 0.717) is 20.1 Å². The fraction of sp³-hybridized carbons (Fsp3) is 0.280. The Morgan fingerprint density at radius 2 is 2.19 bits per heavy atom. The largest absolute Gasteiger partial charge is 0.371 e. The Hall–Kier alpha value is -2.96. The maximum atomic E-state index is 14.2. The lowest BCUT2D eigenvalue weighted by Gasteiger charge is -2.32. The summed E-state index contributed by atoms with van der Waals surface area (Å²) in [5, 5.41) is 13.5. The van der Waals surface area contributed by atoms with E-state index in [9.17, 15) is 9.65 Å². The van der Waals surface area contributed by atoms with Gasteiger partial charge in [-0.25, -0.2) is 9.38 Å². The topological polar surface area (TPSA) is 51.4 Å². The van der Waals surface area contributed by atoms with Crippen molar-refractivity contribution in [3.05, 3.63) is 90.3 Å². The molecule has 0 saturated heterocycles. The Labute approximate surface area is 187 Å². The van der Waals surface area contributed by atoms with Crippen molar-refractivity contribution in [2.45, 2.75) is 32.7 Å². The van der Waals surface area contributed by atoms with Crippen LogP contribution in [0.5, 0.6) is 0 Å². The van der Waals surface area contributed by atoms with Gasteiger partial charge in [-0.15, -0.1) is 0 Å². The lowest BCUT2D eigenvalue weighted by molar-refractivity contribution is 0.357. The molecule has 0 fully saturated rings. The number of hydrogen-bond acceptors (Lipinski definition) is 4. The Balaban J connectivity index is 2.34. The van der Waals surface area contributed by atoms with Crippen molar-refractivity contribution >= 4 is 19.6 Å². The lowest BCUT2D eigenvalue weighted by atomic mass is 9.99. The van der Waals surface area contributed by atoms with Crippen molar-refractivity contribution in [1.29, 1.82) is 5.26 Å². The van der Waals surface area contributed by atoms with Crippen molar-refractivity contribution in [1.82, 2.24) is 10.2 Å². The minimum atomic E-state index is -0.319. The summed E-state index contributed by atoms with van der Waals surface area (Å²) in [6.45, 7) is 15.0. The van der Waals surface area contributed by atoms with Gasteiger partial charge in [0, 0.05) is 24.0 Å². The van der Waals surface area contributed by atoms with Gasteiger partial charge in [-0.2, -0.15) is 5.26 Å². The van der Waals surface area contributed by atoms with Crippen molar-refractivity contribution in [2.24, 2.45) is 4.99 Å². The summed E-state index contributed by atoms with van der Waals surface area (Å²) in [5.74, 6) is 0.320. The van der Waals surface area contributed by atoms with Gasteiger partial charge in [-0.1, -0.05) is 34.7 Å². The summed E-state index contributed by atoms with van der Waals surface area (Å²) in [5.41, 5.74) is 3.15. The van der Waals surface area contributed by atoms with Gasteiger partial charge in [0.15, 0.2) is 0 Å². The van der Waals surface area contributed by atoms with Gasteiger partial charge in [0.1, 0.15) is 11.6 Å². The molecule has 31 heavy (non-hydrogen) atoms. The van der Waals surface area contributed by atoms with E-state index >= 15 is 0 Å². The van der Waals surface area contributed by atoms with Crippen LogP contribution >= 0.6 is 8.58 Å². The predicted molar refractivity (Wildman–Crippen MR) is 131 cm³/mol. The molecule has 0 aromatic heterocycles. The number of halogens is 1. The van der Waals surface area contributed by atoms with Crippen molar-refractivity contribution in [3.8, 4) is 6.07 Å². The number of benzene rings is 1. The normalized spacial score (nSPS) is 15.5. The molecule has 0 aliphatic carbocycles. The summed E-state index contributed by atoms with van der Waals surface area (Å²) >= 11 is 0. The van der Waals surface area contributed by atoms with Crippen LogP contribution in [0.4, 0.5) is 4.39 Å². The third kappa shape index (κ3) is 6.77. The second kappa shape index (κ2) is 12.0. The summed E-state index contributed by atoms with van der Waals surface area (Å²) < 4.78 is 14.2. The van der Waals surface area contributed by atoms with Gasteiger partial charge in [-0.3, -0.25) is 0 Å². The fourth-order valence-corrected chi connectivity index (χ4v) is 3.84. The van der Waals surface area contributed by atoms with E-state index in [1.807, 2.05) is 55.1 Å². The van der Waals surface area contributed by atoms with Crippen LogP contribution in [-0.2, 0) is 0 Å². The fourth-order valence-electron chi connectivity index (χ4n) is 3.24. The molecule has 6 heteroatoms. The van der Waals surface area contributed by atoms with Gasteiger partial charge in [0.2, 0.25) is 0 Å². The number of rotatable bonds is 10. The Morgan fingerprint density at radius 3 is 2.81 bits per heavy atom. The van der Waals surface area contributed by atoms with Crippen LogP contribution < -0.4 is 10.6 Å². The average molecular weight is 437 g/mol. The number of allylic oxidation sites excluding steroid dienone is 5. The zero-order valence-electron chi connectivity index (χ0n) is 18.5. The number of hydrogen-bond donors (Lipinski definition) is 1. The molecule has 0 radical (unpaired) electrons. The summed E-state index contributed by atoms with van der Waals surface area (Å²) in [4.78, 5) is 6.52. The van der Waals surface area contributed by atoms with Crippen molar-refractivity contribution in [2.75, 3.05) is 13.2 Å². The molecule has 4 nitrogen and oxygen atoms in total. The molecular formula is C25H30FN4P. The van der Waals surface area contributed by atoms with Gasteiger partial charge in [-0.05, 0) is 67.3 Å². The van der Waals surface area contributed by atoms with Gasteiger partial charge in [0.25, 0.3) is 0 Å². The molecule has 162 valence electrons. The van der Waals surface area contributed by atoms with Crippen molar-refractivity contribution < 1.29 is 4.39 Å². The average Bonchev–Trinajstić information content (AvgIpc) is 2.75. The molecule has 0 amide bonds. The highest BCUT2D eigenvalue weighted by molar-refractivity contribution is 7.46. The van der Waals surface area contributed by atoms with Gasteiger partial charge in [0.05, 0.1) is 24.2 Å². The molecule has 2 rings (SSSR count). The third-order valence-electron chi connectivity index (χ3n) is 4.74. The third-order valence-corrected chi connectivity index (χ3v) is 5.60. The molecule has 0 saturated carbocycles. The van der Waals surface area contributed by atoms with E-state index in [1.165, 1.54) is 6.07 Å². The van der Waals surface area contributed by atoms with E-state index in [-0.39, 0.29) is 18.3 Å². The zero-order valence-corrected chi connectivity index (χ0v) is 19.5. The molecule has 0 bridgehead atoms. The second-order valence-electron chi connectivity index (χ2n) is 7.09. The van der Waals surface area contributed by atoms with Crippen LogP contribution in [0.2, 0.25) is 0 Å². The standard InChI is InChI=1S/C25H30FN4P/c1-6-8-24(29-19(4)28-12-7-2)20-10-13-30(18(3)14-20)25(9-11-27)21-15-22(26)17-23(16-21)31-5/h6,8,10,13-17,25,28,31H,3-4,7,9,12H2,1-2,5H3/b8-6-,29-24+. The quantitative estimate of drug-likeness (QED) is 0.391. The maximum absolute atomic E-state index is 14.2. The highest BCUT2D eigenvalue weighted by atomic mass is 31.1. The zero-order chi connectivity index (χ0) is 22.8. The van der Waals surface area contributed by atoms with Crippen LogP contribution in [0.25, 0.3) is 0 Å².